The molecule has 0 aromatic heterocycles. The van der Waals surface area contributed by atoms with Gasteiger partial charge in [0, 0.05) is 6.42 Å². The highest BCUT2D eigenvalue weighted by molar-refractivity contribution is 7.47. The molecule has 79 heavy (non-hydrogen) atoms. The number of rotatable bonds is 59. The van der Waals surface area contributed by atoms with E-state index in [1.807, 2.05) is 27.2 Å². The third-order valence-corrected chi connectivity index (χ3v) is 15.2. The average Bonchev–Trinajstić information content (AvgIpc) is 3.42. The summed E-state index contributed by atoms with van der Waals surface area (Å²) in [5, 5.41) is 13.9. The highest BCUT2D eigenvalue weighted by atomic mass is 31.2. The van der Waals surface area contributed by atoms with Gasteiger partial charge in [0.1, 0.15) is 13.2 Å². The van der Waals surface area contributed by atoms with E-state index >= 15 is 0 Å². The van der Waals surface area contributed by atoms with Crippen LogP contribution in [0.15, 0.2) is 109 Å². The topological polar surface area (TPSA) is 105 Å². The first-order chi connectivity index (χ1) is 38.5. The maximum atomic E-state index is 13.0. The maximum Gasteiger partial charge on any atom is 0.472 e. The van der Waals surface area contributed by atoms with Crippen molar-refractivity contribution in [3.8, 4) is 0 Å². The number of unbranched alkanes of at least 4 members (excludes halogenated alkanes) is 30. The van der Waals surface area contributed by atoms with Crippen LogP contribution in [0.4, 0.5) is 0 Å². The fourth-order valence-electron chi connectivity index (χ4n) is 9.16. The van der Waals surface area contributed by atoms with Crippen molar-refractivity contribution >= 4 is 13.7 Å². The van der Waals surface area contributed by atoms with Gasteiger partial charge in [0.15, 0.2) is 0 Å². The van der Waals surface area contributed by atoms with E-state index in [0.717, 1.165) is 83.5 Å². The summed E-state index contributed by atoms with van der Waals surface area (Å²) in [5.41, 5.74) is 0. The highest BCUT2D eigenvalue weighted by Gasteiger charge is 2.27. The number of nitrogens with one attached hydrogen (secondary N) is 1. The van der Waals surface area contributed by atoms with Crippen molar-refractivity contribution < 1.29 is 32.9 Å². The van der Waals surface area contributed by atoms with E-state index in [9.17, 15) is 19.4 Å². The van der Waals surface area contributed by atoms with Crippen molar-refractivity contribution in [2.24, 2.45) is 0 Å². The van der Waals surface area contributed by atoms with Crippen LogP contribution in [0.3, 0.4) is 0 Å². The molecule has 8 nitrogen and oxygen atoms in total. The van der Waals surface area contributed by atoms with Crippen LogP contribution in [0, 0.1) is 0 Å². The van der Waals surface area contributed by atoms with Crippen LogP contribution in [-0.2, 0) is 18.4 Å². The number of amides is 1. The number of quaternary nitrogens is 1. The predicted octanol–water partition coefficient (Wildman–Crippen LogP) is 20.7. The lowest BCUT2D eigenvalue weighted by Gasteiger charge is -2.25. The predicted molar refractivity (Wildman–Crippen MR) is 345 cm³/mol. The Kier molecular flexibility index (Phi) is 57.6. The molecule has 3 atom stereocenters. The van der Waals surface area contributed by atoms with E-state index < -0.39 is 20.0 Å². The van der Waals surface area contributed by atoms with E-state index in [1.165, 1.54) is 173 Å². The molecule has 0 saturated carbocycles. The van der Waals surface area contributed by atoms with Crippen LogP contribution in [0.5, 0.6) is 0 Å². The molecular weight excluding hydrogens is 996 g/mol. The number of carbonyl (C=O) groups excluding carboxylic acids is 1. The van der Waals surface area contributed by atoms with Crippen LogP contribution in [-0.4, -0.2) is 73.4 Å². The second-order valence-electron chi connectivity index (χ2n) is 23.1. The first-order valence-corrected chi connectivity index (χ1v) is 34.3. The zero-order chi connectivity index (χ0) is 57.7. The van der Waals surface area contributed by atoms with Crippen LogP contribution >= 0.6 is 7.82 Å². The van der Waals surface area contributed by atoms with E-state index in [-0.39, 0.29) is 19.1 Å². The number of aliphatic hydroxyl groups is 1. The zero-order valence-electron chi connectivity index (χ0n) is 52.1. The van der Waals surface area contributed by atoms with Crippen molar-refractivity contribution in [3.05, 3.63) is 109 Å². The molecule has 0 aromatic carbocycles. The SMILES string of the molecule is CC/C=C\C/C=C\C/C=C\C/C=C\C/C=C\C/C=C\C/C=C\CCCCCCCCCCCCCCCCCCCCCC(=O)NC(COP(=O)(O)OCC[N+](C)(C)C)C(O)/C=C/CC/C=C/CCCCCCCCCCCC. The molecule has 0 aromatic rings. The first kappa shape index (κ1) is 76.2. The van der Waals surface area contributed by atoms with Crippen molar-refractivity contribution in [1.29, 1.82) is 0 Å². The third kappa shape index (κ3) is 62.6. The van der Waals surface area contributed by atoms with Crippen LogP contribution < -0.4 is 5.32 Å². The molecule has 0 fully saturated rings. The minimum atomic E-state index is -4.36. The fraction of sp³-hybridized carbons (Fsp3) is 0.729. The van der Waals surface area contributed by atoms with Gasteiger partial charge in [-0.05, 0) is 89.9 Å². The lowest BCUT2D eigenvalue weighted by molar-refractivity contribution is -0.870. The molecule has 0 bridgehead atoms. The molecule has 1 amide bonds. The third-order valence-electron chi connectivity index (χ3n) is 14.2. The first-order valence-electron chi connectivity index (χ1n) is 32.8. The number of likely N-dealkylation sites (N-methyl/N-ethyl adjacent to an activating group) is 1. The lowest BCUT2D eigenvalue weighted by atomic mass is 10.0. The number of aliphatic hydroxyl groups excluding tert-OH is 1. The number of hydrogen-bond acceptors (Lipinski definition) is 5. The molecular formula is C70H126N2O6P+. The van der Waals surface area contributed by atoms with Gasteiger partial charge in [0.05, 0.1) is 39.9 Å². The second-order valence-corrected chi connectivity index (χ2v) is 24.6. The smallest absolute Gasteiger partial charge is 0.387 e. The molecule has 0 aliphatic rings. The summed E-state index contributed by atoms with van der Waals surface area (Å²) in [6.07, 6.45) is 88.0. The largest absolute Gasteiger partial charge is 0.472 e. The highest BCUT2D eigenvalue weighted by Crippen LogP contribution is 2.43. The Hall–Kier alpha value is -2.84. The van der Waals surface area contributed by atoms with Gasteiger partial charge in [0.25, 0.3) is 0 Å². The molecule has 0 heterocycles. The molecule has 456 valence electrons. The summed E-state index contributed by atoms with van der Waals surface area (Å²) in [6.45, 7) is 4.69. The van der Waals surface area contributed by atoms with Gasteiger partial charge < -0.3 is 19.8 Å². The molecule has 0 aliphatic carbocycles. The molecule has 0 rings (SSSR count). The van der Waals surface area contributed by atoms with Gasteiger partial charge in [-0.25, -0.2) is 4.57 Å². The lowest BCUT2D eigenvalue weighted by Crippen LogP contribution is -2.45. The number of hydrogen-bond donors (Lipinski definition) is 3. The van der Waals surface area contributed by atoms with E-state index in [0.29, 0.717) is 17.4 Å². The monoisotopic (exact) mass is 1120 g/mol. The van der Waals surface area contributed by atoms with Crippen molar-refractivity contribution in [2.45, 2.75) is 289 Å². The second kappa shape index (κ2) is 59.8. The van der Waals surface area contributed by atoms with Gasteiger partial charge in [-0.15, -0.1) is 0 Å². The molecule has 0 aliphatic heterocycles. The summed E-state index contributed by atoms with van der Waals surface area (Å²) in [5.74, 6) is -0.187. The normalized spacial score (nSPS) is 14.5. The number of nitrogens with zero attached hydrogens (tertiary/aromatic N) is 1. The molecule has 3 unspecified atom stereocenters. The van der Waals surface area contributed by atoms with Crippen molar-refractivity contribution in [1.82, 2.24) is 5.32 Å². The van der Waals surface area contributed by atoms with Gasteiger partial charge in [-0.2, -0.15) is 0 Å². The van der Waals surface area contributed by atoms with Gasteiger partial charge in [-0.3, -0.25) is 13.8 Å². The van der Waals surface area contributed by atoms with Gasteiger partial charge in [-0.1, -0.05) is 290 Å². The van der Waals surface area contributed by atoms with Gasteiger partial charge in [0.2, 0.25) is 5.91 Å². The number of phosphoric ester groups is 1. The summed E-state index contributed by atoms with van der Waals surface area (Å²) >= 11 is 0. The van der Waals surface area contributed by atoms with Crippen molar-refractivity contribution in [2.75, 3.05) is 40.9 Å². The number of carbonyl (C=O) groups is 1. The summed E-state index contributed by atoms with van der Waals surface area (Å²) in [7, 11) is 1.55. The van der Waals surface area contributed by atoms with E-state index in [2.05, 4.69) is 116 Å². The van der Waals surface area contributed by atoms with Crippen LogP contribution in [0.2, 0.25) is 0 Å². The molecule has 0 radical (unpaired) electrons. The Balaban J connectivity index is 3.99. The van der Waals surface area contributed by atoms with E-state index in [4.69, 9.17) is 9.05 Å². The maximum absolute atomic E-state index is 13.0. The van der Waals surface area contributed by atoms with Gasteiger partial charge >= 0.3 is 7.82 Å². The molecule has 9 heteroatoms. The zero-order valence-corrected chi connectivity index (χ0v) is 53.0. The standard InChI is InChI=1S/C70H125N2O6P/c1-6-8-10-12-14-16-18-20-22-24-25-26-27-28-29-30-31-32-33-34-35-36-37-38-39-40-41-42-43-44-45-46-47-48-50-52-54-56-58-60-62-64-70(74)71-68(67-78-79(75,76)77-66-65-72(3,4)5)69(73)63-61-59-57-55-53-51-49-23-21-19-17-15-13-11-9-7-2/h8,10,14,16,20,22,25-26,28-29,31-32,34-35,53,55,61,63,68-69,73H,6-7,9,11-13,15,17-19,21,23-24,27,30,33,36-52,54,56-60,62,64-67H2,1-5H3,(H-,71,74,75,76)/p+1/b10-8-,16-14-,22-20-,26-25-,29-28-,32-31-,35-34-,55-53+,63-61+. The number of phosphoric acid groups is 1. The fourth-order valence-corrected chi connectivity index (χ4v) is 9.89. The Morgan fingerprint density at radius 2 is 0.772 bits per heavy atom. The summed E-state index contributed by atoms with van der Waals surface area (Å²) in [6, 6.07) is -0.867. The minimum Gasteiger partial charge on any atom is -0.387 e. The Bertz CT molecular complexity index is 1650. The summed E-state index contributed by atoms with van der Waals surface area (Å²) < 4.78 is 23.7. The summed E-state index contributed by atoms with van der Waals surface area (Å²) in [4.78, 5) is 23.3. The quantitative estimate of drug-likeness (QED) is 0.0243. The van der Waals surface area contributed by atoms with E-state index in [1.54, 1.807) is 6.08 Å². The average molecular weight is 1120 g/mol. The van der Waals surface area contributed by atoms with Crippen LogP contribution in [0.25, 0.3) is 0 Å². The number of allylic oxidation sites excluding steroid dienone is 17. The Labute approximate surface area is 489 Å². The van der Waals surface area contributed by atoms with Crippen molar-refractivity contribution in [3.63, 3.8) is 0 Å². The molecule has 0 saturated heterocycles. The Morgan fingerprint density at radius 3 is 1.16 bits per heavy atom. The minimum absolute atomic E-state index is 0.0540. The Morgan fingerprint density at radius 1 is 0.443 bits per heavy atom. The molecule has 3 N–H and O–H groups in total. The molecule has 0 spiro atoms. The van der Waals surface area contributed by atoms with Crippen LogP contribution in [0.1, 0.15) is 277 Å².